The number of halogens is 1. The van der Waals surface area contributed by atoms with Crippen LogP contribution in [0.3, 0.4) is 0 Å². The molecule has 0 radical (unpaired) electrons. The summed E-state index contributed by atoms with van der Waals surface area (Å²) in [6.07, 6.45) is 3.60. The molecule has 172 valence electrons. The summed E-state index contributed by atoms with van der Waals surface area (Å²) in [5.41, 5.74) is 3.55. The predicted octanol–water partition coefficient (Wildman–Crippen LogP) is 3.84. The number of amides is 1. The molecular formula is C25H33IN4O2. The zero-order valence-electron chi connectivity index (χ0n) is 18.7. The summed E-state index contributed by atoms with van der Waals surface area (Å²) < 4.78 is 5.64. The van der Waals surface area contributed by atoms with E-state index in [0.29, 0.717) is 13.0 Å². The van der Waals surface area contributed by atoms with Crippen molar-refractivity contribution in [3.8, 4) is 0 Å². The Morgan fingerprint density at radius 1 is 1.06 bits per heavy atom. The van der Waals surface area contributed by atoms with E-state index in [9.17, 15) is 4.79 Å². The van der Waals surface area contributed by atoms with Crippen molar-refractivity contribution in [1.29, 1.82) is 0 Å². The maximum absolute atomic E-state index is 11.9. The number of ether oxygens (including phenoxy) is 1. The molecule has 4 rings (SSSR count). The molecule has 0 aromatic heterocycles. The predicted molar refractivity (Wildman–Crippen MR) is 140 cm³/mol. The number of anilines is 1. The van der Waals surface area contributed by atoms with E-state index in [4.69, 9.17) is 4.74 Å². The van der Waals surface area contributed by atoms with Crippen LogP contribution in [0.4, 0.5) is 5.69 Å². The fourth-order valence-electron chi connectivity index (χ4n) is 4.50. The zero-order valence-corrected chi connectivity index (χ0v) is 21.0. The van der Waals surface area contributed by atoms with Crippen molar-refractivity contribution in [2.45, 2.75) is 37.6 Å². The Morgan fingerprint density at radius 2 is 1.78 bits per heavy atom. The molecule has 2 N–H and O–H groups in total. The van der Waals surface area contributed by atoms with Gasteiger partial charge in [-0.3, -0.25) is 9.79 Å². The molecule has 7 heteroatoms. The lowest BCUT2D eigenvalue weighted by atomic mass is 9.74. The summed E-state index contributed by atoms with van der Waals surface area (Å²) in [5, 5.41) is 6.96. The van der Waals surface area contributed by atoms with Gasteiger partial charge in [0.2, 0.25) is 5.91 Å². The van der Waals surface area contributed by atoms with E-state index in [-0.39, 0.29) is 35.3 Å². The van der Waals surface area contributed by atoms with Gasteiger partial charge in [0.1, 0.15) is 0 Å². The van der Waals surface area contributed by atoms with Crippen LogP contribution < -0.4 is 15.5 Å². The summed E-state index contributed by atoms with van der Waals surface area (Å²) in [7, 11) is 1.80. The number of carbonyl (C=O) groups is 1. The summed E-state index contributed by atoms with van der Waals surface area (Å²) in [4.78, 5) is 18.2. The molecule has 0 unspecified atom stereocenters. The van der Waals surface area contributed by atoms with Gasteiger partial charge in [0.05, 0.1) is 0 Å². The first-order chi connectivity index (χ1) is 15.2. The largest absolute Gasteiger partial charge is 0.381 e. The van der Waals surface area contributed by atoms with Crippen LogP contribution >= 0.6 is 24.0 Å². The zero-order chi connectivity index (χ0) is 21.5. The van der Waals surface area contributed by atoms with Crippen molar-refractivity contribution < 1.29 is 9.53 Å². The molecule has 2 aliphatic heterocycles. The first kappa shape index (κ1) is 24.5. The van der Waals surface area contributed by atoms with E-state index >= 15 is 0 Å². The Kier molecular flexibility index (Phi) is 8.92. The van der Waals surface area contributed by atoms with Crippen molar-refractivity contribution in [1.82, 2.24) is 10.6 Å². The molecule has 32 heavy (non-hydrogen) atoms. The Morgan fingerprint density at radius 3 is 2.41 bits per heavy atom. The molecule has 2 aromatic carbocycles. The van der Waals surface area contributed by atoms with Gasteiger partial charge in [-0.2, -0.15) is 0 Å². The van der Waals surface area contributed by atoms with Crippen LogP contribution in [0.15, 0.2) is 59.6 Å². The molecule has 2 heterocycles. The third kappa shape index (κ3) is 5.81. The van der Waals surface area contributed by atoms with E-state index in [1.165, 1.54) is 5.56 Å². The number of guanidine groups is 1. The molecule has 6 nitrogen and oxygen atoms in total. The fourth-order valence-corrected chi connectivity index (χ4v) is 4.50. The van der Waals surface area contributed by atoms with Gasteiger partial charge in [0, 0.05) is 57.4 Å². The SMILES string of the molecule is CN=C(NCc1ccc(N2CCCC2=O)cc1)NCC1(c2ccccc2)CCOCC1.I. The number of rotatable bonds is 6. The van der Waals surface area contributed by atoms with Crippen LogP contribution in [0, 0.1) is 0 Å². The van der Waals surface area contributed by atoms with Crippen molar-refractivity contribution in [2.24, 2.45) is 4.99 Å². The topological polar surface area (TPSA) is 66.0 Å². The van der Waals surface area contributed by atoms with E-state index in [2.05, 4.69) is 58.1 Å². The minimum Gasteiger partial charge on any atom is -0.381 e. The van der Waals surface area contributed by atoms with E-state index in [0.717, 1.165) is 62.8 Å². The highest BCUT2D eigenvalue weighted by molar-refractivity contribution is 14.0. The molecule has 2 fully saturated rings. The molecule has 0 saturated carbocycles. The molecule has 2 saturated heterocycles. The molecular weight excluding hydrogens is 515 g/mol. The van der Waals surface area contributed by atoms with Gasteiger partial charge in [-0.05, 0) is 42.5 Å². The van der Waals surface area contributed by atoms with Crippen molar-refractivity contribution >= 4 is 41.5 Å². The monoisotopic (exact) mass is 548 g/mol. The lowest BCUT2D eigenvalue weighted by Gasteiger charge is -2.38. The highest BCUT2D eigenvalue weighted by atomic mass is 127. The molecule has 0 bridgehead atoms. The van der Waals surface area contributed by atoms with Gasteiger partial charge < -0.3 is 20.3 Å². The first-order valence-electron chi connectivity index (χ1n) is 11.2. The molecule has 2 aliphatic rings. The first-order valence-corrected chi connectivity index (χ1v) is 11.2. The average molecular weight is 548 g/mol. The maximum atomic E-state index is 11.9. The van der Waals surface area contributed by atoms with Crippen LogP contribution in [-0.2, 0) is 21.5 Å². The van der Waals surface area contributed by atoms with E-state index in [1.54, 1.807) is 7.05 Å². The van der Waals surface area contributed by atoms with Crippen molar-refractivity contribution in [3.05, 3.63) is 65.7 Å². The number of hydrogen-bond acceptors (Lipinski definition) is 3. The number of aliphatic imine (C=N–C) groups is 1. The Labute approximate surface area is 207 Å². The lowest BCUT2D eigenvalue weighted by Crippen LogP contribution is -2.47. The number of nitrogens with one attached hydrogen (secondary N) is 2. The Bertz CT molecular complexity index is 896. The minimum atomic E-state index is 0. The normalized spacial score (nSPS) is 18.2. The third-order valence-corrected chi connectivity index (χ3v) is 6.44. The summed E-state index contributed by atoms with van der Waals surface area (Å²) in [6, 6.07) is 18.9. The number of benzene rings is 2. The van der Waals surface area contributed by atoms with Gasteiger partial charge >= 0.3 is 0 Å². The minimum absolute atomic E-state index is 0. The standard InChI is InChI=1S/C25H32N4O2.HI/c1-26-24(27-18-20-9-11-22(12-10-20)29-15-5-8-23(29)30)28-19-25(13-16-31-17-14-25)21-6-3-2-4-7-21;/h2-4,6-7,9-12H,5,8,13-19H2,1H3,(H2,26,27,28);1H. The smallest absolute Gasteiger partial charge is 0.227 e. The molecule has 0 atom stereocenters. The average Bonchev–Trinajstić information content (AvgIpc) is 3.26. The van der Waals surface area contributed by atoms with Crippen LogP contribution in [0.5, 0.6) is 0 Å². The van der Waals surface area contributed by atoms with E-state index < -0.39 is 0 Å². The van der Waals surface area contributed by atoms with Crippen molar-refractivity contribution in [2.75, 3.05) is 38.3 Å². The lowest BCUT2D eigenvalue weighted by molar-refractivity contribution is -0.117. The molecule has 1 amide bonds. The highest BCUT2D eigenvalue weighted by Gasteiger charge is 2.34. The van der Waals surface area contributed by atoms with Crippen LogP contribution in [0.1, 0.15) is 36.8 Å². The van der Waals surface area contributed by atoms with Gasteiger partial charge in [0.25, 0.3) is 0 Å². The van der Waals surface area contributed by atoms with E-state index in [1.807, 2.05) is 17.0 Å². The van der Waals surface area contributed by atoms with Crippen molar-refractivity contribution in [3.63, 3.8) is 0 Å². The summed E-state index contributed by atoms with van der Waals surface area (Å²) in [6.45, 7) is 3.88. The van der Waals surface area contributed by atoms with Gasteiger partial charge in [-0.25, -0.2) is 0 Å². The van der Waals surface area contributed by atoms with Crippen LogP contribution in [-0.4, -0.2) is 45.2 Å². The van der Waals surface area contributed by atoms with Crippen LogP contribution in [0.2, 0.25) is 0 Å². The Balaban J connectivity index is 0.00000289. The second kappa shape index (κ2) is 11.7. The third-order valence-electron chi connectivity index (χ3n) is 6.44. The molecule has 2 aromatic rings. The second-order valence-electron chi connectivity index (χ2n) is 8.35. The molecule has 0 aliphatic carbocycles. The number of carbonyl (C=O) groups excluding carboxylic acids is 1. The summed E-state index contributed by atoms with van der Waals surface area (Å²) >= 11 is 0. The number of hydrogen-bond donors (Lipinski definition) is 2. The number of nitrogens with zero attached hydrogens (tertiary/aromatic N) is 2. The maximum Gasteiger partial charge on any atom is 0.227 e. The Hall–Kier alpha value is -2.13. The highest BCUT2D eigenvalue weighted by Crippen LogP contribution is 2.34. The van der Waals surface area contributed by atoms with Crippen LogP contribution in [0.25, 0.3) is 0 Å². The second-order valence-corrected chi connectivity index (χ2v) is 8.35. The molecule has 0 spiro atoms. The van der Waals surface area contributed by atoms with Gasteiger partial charge in [-0.15, -0.1) is 24.0 Å². The van der Waals surface area contributed by atoms with Gasteiger partial charge in [-0.1, -0.05) is 42.5 Å². The summed E-state index contributed by atoms with van der Waals surface area (Å²) in [5.74, 6) is 1.01. The fraction of sp³-hybridized carbons (Fsp3) is 0.440. The quantitative estimate of drug-likeness (QED) is 0.327. The van der Waals surface area contributed by atoms with Gasteiger partial charge in [0.15, 0.2) is 5.96 Å².